The number of carbonyl (C=O) groups is 1. The molecular formula is C27H33N7O2. The molecule has 2 fully saturated rings. The third kappa shape index (κ3) is 4.50. The highest BCUT2D eigenvalue weighted by Gasteiger charge is 2.40. The summed E-state index contributed by atoms with van der Waals surface area (Å²) in [7, 11) is 0. The van der Waals surface area contributed by atoms with E-state index < -0.39 is 0 Å². The fourth-order valence-electron chi connectivity index (χ4n) is 5.46. The van der Waals surface area contributed by atoms with Crippen LogP contribution >= 0.6 is 0 Å². The van der Waals surface area contributed by atoms with Gasteiger partial charge in [-0.25, -0.2) is 4.52 Å². The van der Waals surface area contributed by atoms with Crippen LogP contribution in [0.15, 0.2) is 48.7 Å². The lowest BCUT2D eigenvalue weighted by molar-refractivity contribution is -0.147. The van der Waals surface area contributed by atoms with E-state index >= 15 is 0 Å². The summed E-state index contributed by atoms with van der Waals surface area (Å²) in [5.41, 5.74) is 5.04. The van der Waals surface area contributed by atoms with E-state index in [2.05, 4.69) is 27.9 Å². The van der Waals surface area contributed by atoms with Crippen molar-refractivity contribution in [3.05, 3.63) is 59.8 Å². The Morgan fingerprint density at radius 2 is 1.94 bits per heavy atom. The molecule has 0 bridgehead atoms. The number of hydrogen-bond acceptors (Lipinski definition) is 7. The van der Waals surface area contributed by atoms with Crippen molar-refractivity contribution in [3.63, 3.8) is 0 Å². The zero-order chi connectivity index (χ0) is 24.5. The molecule has 3 aromatic rings. The van der Waals surface area contributed by atoms with Crippen LogP contribution in [0.4, 0.5) is 11.6 Å². The Bertz CT molecular complexity index is 1270. The molecule has 2 saturated heterocycles. The molecule has 0 unspecified atom stereocenters. The van der Waals surface area contributed by atoms with Crippen molar-refractivity contribution in [2.45, 2.75) is 38.1 Å². The molecule has 9 heteroatoms. The summed E-state index contributed by atoms with van der Waals surface area (Å²) >= 11 is 0. The van der Waals surface area contributed by atoms with Gasteiger partial charge < -0.3 is 15.5 Å². The second-order valence-electron chi connectivity index (χ2n) is 9.86. The largest absolute Gasteiger partial charge is 0.339 e. The summed E-state index contributed by atoms with van der Waals surface area (Å²) in [6, 6.07) is 11.7. The molecular weight excluding hydrogens is 454 g/mol. The first-order chi connectivity index (χ1) is 17.6. The lowest BCUT2D eigenvalue weighted by Crippen LogP contribution is -2.62. The molecule has 1 amide bonds. The number of rotatable bonds is 6. The summed E-state index contributed by atoms with van der Waals surface area (Å²) < 4.78 is 1.81. The number of hydroxylamine groups is 2. The molecule has 1 spiro atoms. The van der Waals surface area contributed by atoms with E-state index in [0.29, 0.717) is 23.7 Å². The van der Waals surface area contributed by atoms with Gasteiger partial charge in [0.25, 0.3) is 5.91 Å². The first-order valence-corrected chi connectivity index (χ1v) is 13.0. The van der Waals surface area contributed by atoms with Crippen molar-refractivity contribution in [2.75, 3.05) is 44.6 Å². The Morgan fingerprint density at radius 1 is 1.14 bits per heavy atom. The highest BCUT2D eigenvalue weighted by Crippen LogP contribution is 2.32. The maximum absolute atomic E-state index is 13.0. The molecule has 0 radical (unpaired) electrons. The standard InChI is InChI=1S/C27H33N7O2/c1-2-36-33-16-9-20(10-17-33)23-4-3-15-34-24(23)30-26(31-34)29-22-7-5-21(6-8-22)25(35)32-18-12-27(13-19-32)11-14-28-27/h3-9,15,28H,2,10-14,16-19H2,1H3,(H,29,31). The van der Waals surface area contributed by atoms with Gasteiger partial charge in [0.1, 0.15) is 0 Å². The Hall–Kier alpha value is -3.27. The van der Waals surface area contributed by atoms with Crippen molar-refractivity contribution < 1.29 is 9.63 Å². The normalized spacial score (nSPS) is 19.8. The highest BCUT2D eigenvalue weighted by molar-refractivity contribution is 5.94. The zero-order valence-electron chi connectivity index (χ0n) is 20.7. The summed E-state index contributed by atoms with van der Waals surface area (Å²) in [5, 5.41) is 13.5. The average molecular weight is 488 g/mol. The van der Waals surface area contributed by atoms with Crippen molar-refractivity contribution in [1.82, 2.24) is 29.9 Å². The van der Waals surface area contributed by atoms with Crippen LogP contribution in [0.25, 0.3) is 11.2 Å². The van der Waals surface area contributed by atoms with E-state index in [0.717, 1.165) is 68.9 Å². The minimum absolute atomic E-state index is 0.106. The number of benzene rings is 1. The van der Waals surface area contributed by atoms with Crippen LogP contribution in [0.1, 0.15) is 48.5 Å². The molecule has 188 valence electrons. The van der Waals surface area contributed by atoms with Crippen LogP contribution in [0.2, 0.25) is 0 Å². The molecule has 0 aliphatic carbocycles. The minimum atomic E-state index is 0.106. The Balaban J connectivity index is 1.13. The van der Waals surface area contributed by atoms with Crippen molar-refractivity contribution in [3.8, 4) is 0 Å². The fraction of sp³-hybridized carbons (Fsp3) is 0.444. The summed E-state index contributed by atoms with van der Waals surface area (Å²) in [5.74, 6) is 0.637. The van der Waals surface area contributed by atoms with Crippen LogP contribution in [-0.2, 0) is 4.84 Å². The molecule has 5 heterocycles. The first kappa shape index (κ1) is 23.1. The molecule has 3 aliphatic heterocycles. The fourth-order valence-corrected chi connectivity index (χ4v) is 5.46. The molecule has 0 saturated carbocycles. The number of hydrogen-bond donors (Lipinski definition) is 2. The number of amides is 1. The lowest BCUT2D eigenvalue weighted by Gasteiger charge is -2.48. The summed E-state index contributed by atoms with van der Waals surface area (Å²) in [4.78, 5) is 25.4. The van der Waals surface area contributed by atoms with Crippen molar-refractivity contribution in [2.24, 2.45) is 0 Å². The molecule has 9 nitrogen and oxygen atoms in total. The smallest absolute Gasteiger partial charge is 0.253 e. The monoisotopic (exact) mass is 487 g/mol. The number of pyridine rings is 1. The molecule has 36 heavy (non-hydrogen) atoms. The SMILES string of the molecule is CCON1CC=C(c2cccn3nc(Nc4ccc(C(=O)N5CCC6(CCN6)CC5)cc4)nc23)CC1. The van der Waals surface area contributed by atoms with Gasteiger partial charge in [-0.3, -0.25) is 9.63 Å². The van der Waals surface area contributed by atoms with Gasteiger partial charge in [-0.15, -0.1) is 5.10 Å². The number of nitrogens with one attached hydrogen (secondary N) is 2. The van der Waals surface area contributed by atoms with Gasteiger partial charge in [0, 0.05) is 54.7 Å². The number of nitrogens with zero attached hydrogens (tertiary/aromatic N) is 5. The van der Waals surface area contributed by atoms with E-state index in [1.54, 1.807) is 0 Å². The van der Waals surface area contributed by atoms with Gasteiger partial charge in [0.05, 0.1) is 6.61 Å². The minimum Gasteiger partial charge on any atom is -0.339 e. The third-order valence-corrected chi connectivity index (χ3v) is 7.69. The van der Waals surface area contributed by atoms with Crippen LogP contribution in [0, 0.1) is 0 Å². The van der Waals surface area contributed by atoms with Crippen LogP contribution in [0.3, 0.4) is 0 Å². The summed E-state index contributed by atoms with van der Waals surface area (Å²) in [6.07, 6.45) is 8.34. The third-order valence-electron chi connectivity index (χ3n) is 7.69. The Kier molecular flexibility index (Phi) is 6.20. The highest BCUT2D eigenvalue weighted by atomic mass is 16.7. The second kappa shape index (κ2) is 9.65. The van der Waals surface area contributed by atoms with E-state index in [1.807, 2.05) is 57.9 Å². The van der Waals surface area contributed by atoms with Crippen molar-refractivity contribution in [1.29, 1.82) is 0 Å². The number of likely N-dealkylation sites (tertiary alicyclic amines) is 1. The Morgan fingerprint density at radius 3 is 2.61 bits per heavy atom. The second-order valence-corrected chi connectivity index (χ2v) is 9.86. The van der Waals surface area contributed by atoms with Gasteiger partial charge in [-0.1, -0.05) is 6.08 Å². The van der Waals surface area contributed by atoms with E-state index in [1.165, 1.54) is 12.0 Å². The van der Waals surface area contributed by atoms with E-state index in [9.17, 15) is 4.79 Å². The maximum atomic E-state index is 13.0. The molecule has 0 atom stereocenters. The van der Waals surface area contributed by atoms with Gasteiger partial charge >= 0.3 is 0 Å². The molecule has 3 aliphatic rings. The predicted molar refractivity (Wildman–Crippen MR) is 139 cm³/mol. The van der Waals surface area contributed by atoms with Crippen molar-refractivity contribution >= 4 is 28.8 Å². The molecule has 2 aromatic heterocycles. The number of aromatic nitrogens is 3. The summed E-state index contributed by atoms with van der Waals surface area (Å²) in [6.45, 7) is 7.06. The molecule has 1 aromatic carbocycles. The molecule has 2 N–H and O–H groups in total. The van der Waals surface area contributed by atoms with Crippen LogP contribution in [0.5, 0.6) is 0 Å². The van der Waals surface area contributed by atoms with Gasteiger partial charge in [0.2, 0.25) is 5.95 Å². The van der Waals surface area contributed by atoms with E-state index in [-0.39, 0.29) is 5.91 Å². The lowest BCUT2D eigenvalue weighted by atomic mass is 9.79. The topological polar surface area (TPSA) is 87.0 Å². The van der Waals surface area contributed by atoms with Gasteiger partial charge in [0.15, 0.2) is 5.65 Å². The number of piperidine rings is 1. The van der Waals surface area contributed by atoms with Gasteiger partial charge in [-0.2, -0.15) is 10.0 Å². The maximum Gasteiger partial charge on any atom is 0.253 e. The predicted octanol–water partition coefficient (Wildman–Crippen LogP) is 3.48. The number of anilines is 2. The van der Waals surface area contributed by atoms with E-state index in [4.69, 9.17) is 9.82 Å². The number of carbonyl (C=O) groups excluding carboxylic acids is 1. The quantitative estimate of drug-likeness (QED) is 0.550. The van der Waals surface area contributed by atoms with Gasteiger partial charge in [-0.05, 0) is 81.1 Å². The zero-order valence-corrected chi connectivity index (χ0v) is 20.7. The molecule has 6 rings (SSSR count). The number of fused-ring (bicyclic) bond motifs is 1. The Labute approximate surface area is 211 Å². The first-order valence-electron chi connectivity index (χ1n) is 13.0. The van der Waals surface area contributed by atoms with Crippen LogP contribution in [-0.4, -0.2) is 75.3 Å². The average Bonchev–Trinajstić information content (AvgIpc) is 3.31. The van der Waals surface area contributed by atoms with Crippen LogP contribution < -0.4 is 10.6 Å².